The number of thiazole rings is 1. The molecule has 0 saturated carbocycles. The lowest BCUT2D eigenvalue weighted by atomic mass is 10.4. The molecule has 1 heterocycles. The summed E-state index contributed by atoms with van der Waals surface area (Å²) in [6, 6.07) is -0.449. The second-order valence-electron chi connectivity index (χ2n) is 4.50. The number of nitrogens with zero attached hydrogens (tertiary/aromatic N) is 2. The first kappa shape index (κ1) is 19.8. The molecule has 0 fully saturated rings. The predicted octanol–water partition coefficient (Wildman–Crippen LogP) is 0.651. The monoisotopic (exact) mass is 359 g/mol. The van der Waals surface area contributed by atoms with Gasteiger partial charge in [0.1, 0.15) is 11.6 Å². The van der Waals surface area contributed by atoms with Gasteiger partial charge in [0.25, 0.3) is 0 Å². The highest BCUT2D eigenvalue weighted by atomic mass is 32.1. The zero-order chi connectivity index (χ0) is 17.9. The van der Waals surface area contributed by atoms with Gasteiger partial charge in [0.15, 0.2) is 5.69 Å². The Kier molecular flexibility index (Phi) is 8.72. The third-order valence-electron chi connectivity index (χ3n) is 2.81. The maximum Gasteiger partial charge on any atom is 0.357 e. The second-order valence-corrected chi connectivity index (χ2v) is 5.44. The van der Waals surface area contributed by atoms with Crippen LogP contribution in [-0.4, -0.2) is 68.4 Å². The van der Waals surface area contributed by atoms with Gasteiger partial charge in [-0.15, -0.1) is 11.3 Å². The Morgan fingerprint density at radius 1 is 1.33 bits per heavy atom. The number of esters is 2. The van der Waals surface area contributed by atoms with Crippen LogP contribution in [0.2, 0.25) is 0 Å². The lowest BCUT2D eigenvalue weighted by Gasteiger charge is -2.21. The minimum absolute atomic E-state index is 0.180. The average Bonchev–Trinajstić information content (AvgIpc) is 3.04. The van der Waals surface area contributed by atoms with Crippen LogP contribution in [0.1, 0.15) is 22.4 Å². The van der Waals surface area contributed by atoms with Crippen molar-refractivity contribution >= 4 is 29.3 Å². The molecule has 0 spiro atoms. The molecule has 134 valence electrons. The quantitative estimate of drug-likeness (QED) is 0.645. The third-order valence-corrected chi connectivity index (χ3v) is 3.65. The molecule has 2 amide bonds. The molecule has 10 heteroatoms. The highest BCUT2D eigenvalue weighted by Gasteiger charge is 2.18. The summed E-state index contributed by atoms with van der Waals surface area (Å²) in [6.07, 6.45) is 0. The van der Waals surface area contributed by atoms with E-state index < -0.39 is 18.0 Å². The van der Waals surface area contributed by atoms with Gasteiger partial charge in [-0.05, 0) is 6.92 Å². The van der Waals surface area contributed by atoms with Gasteiger partial charge in [0, 0.05) is 19.0 Å². The van der Waals surface area contributed by atoms with Gasteiger partial charge in [-0.1, -0.05) is 0 Å². The normalized spacial score (nSPS) is 10.1. The fourth-order valence-electron chi connectivity index (χ4n) is 1.67. The topological polar surface area (TPSA) is 107 Å². The lowest BCUT2D eigenvalue weighted by Crippen LogP contribution is -2.43. The minimum atomic E-state index is -0.535. The number of urea groups is 1. The molecule has 1 aromatic heterocycles. The molecule has 0 radical (unpaired) electrons. The van der Waals surface area contributed by atoms with Crippen molar-refractivity contribution in [3.63, 3.8) is 0 Å². The van der Waals surface area contributed by atoms with Crippen LogP contribution in [0.5, 0.6) is 0 Å². The third kappa shape index (κ3) is 6.50. The first-order chi connectivity index (χ1) is 11.5. The number of carbonyl (C=O) groups is 3. The molecular formula is C14H21N3O6S. The Hall–Kier alpha value is -2.20. The summed E-state index contributed by atoms with van der Waals surface area (Å²) in [5, 5.41) is 4.61. The van der Waals surface area contributed by atoms with Crippen LogP contribution >= 0.6 is 11.3 Å². The van der Waals surface area contributed by atoms with Crippen molar-refractivity contribution in [2.45, 2.75) is 13.5 Å². The Bertz CT molecular complexity index is 562. The molecule has 0 aliphatic carbocycles. The molecule has 1 aromatic rings. The number of carbonyl (C=O) groups excluding carboxylic acids is 3. The molecule has 1 rings (SSSR count). The van der Waals surface area contributed by atoms with E-state index in [1.165, 1.54) is 30.5 Å². The zero-order valence-electron chi connectivity index (χ0n) is 13.9. The number of methoxy groups -OCH3 is 2. The summed E-state index contributed by atoms with van der Waals surface area (Å²) in [5.74, 6) is -1.05. The molecule has 24 heavy (non-hydrogen) atoms. The fourth-order valence-corrected chi connectivity index (χ4v) is 2.45. The van der Waals surface area contributed by atoms with E-state index in [0.717, 1.165) is 0 Å². The summed E-state index contributed by atoms with van der Waals surface area (Å²) in [4.78, 5) is 40.5. The summed E-state index contributed by atoms with van der Waals surface area (Å²) in [6.45, 7) is 2.52. The van der Waals surface area contributed by atoms with Crippen LogP contribution in [0, 0.1) is 0 Å². The first-order valence-electron chi connectivity index (χ1n) is 7.21. The Balaban J connectivity index is 2.66. The molecule has 0 saturated heterocycles. The SMILES string of the molecule is CCOC(=O)CNC(=O)N(CCOC)Cc1nc(C(=O)OC)cs1. The molecule has 0 aromatic carbocycles. The van der Waals surface area contributed by atoms with Crippen molar-refractivity contribution in [1.29, 1.82) is 0 Å². The van der Waals surface area contributed by atoms with E-state index >= 15 is 0 Å². The van der Waals surface area contributed by atoms with Crippen LogP contribution in [0.4, 0.5) is 4.79 Å². The van der Waals surface area contributed by atoms with E-state index in [9.17, 15) is 14.4 Å². The van der Waals surface area contributed by atoms with Crippen molar-refractivity contribution in [3.8, 4) is 0 Å². The number of hydrogen-bond acceptors (Lipinski definition) is 8. The van der Waals surface area contributed by atoms with Gasteiger partial charge < -0.3 is 24.4 Å². The molecule has 1 N–H and O–H groups in total. The molecule has 9 nitrogen and oxygen atoms in total. The number of rotatable bonds is 9. The minimum Gasteiger partial charge on any atom is -0.465 e. The maximum atomic E-state index is 12.2. The zero-order valence-corrected chi connectivity index (χ0v) is 14.7. The highest BCUT2D eigenvalue weighted by Crippen LogP contribution is 2.13. The van der Waals surface area contributed by atoms with Crippen molar-refractivity contribution in [3.05, 3.63) is 16.1 Å². The first-order valence-corrected chi connectivity index (χ1v) is 8.09. The Morgan fingerprint density at radius 3 is 2.71 bits per heavy atom. The Morgan fingerprint density at radius 2 is 2.08 bits per heavy atom. The average molecular weight is 359 g/mol. The van der Waals surface area contributed by atoms with E-state index in [4.69, 9.17) is 9.47 Å². The van der Waals surface area contributed by atoms with Crippen molar-refractivity contribution in [1.82, 2.24) is 15.2 Å². The number of ether oxygens (including phenoxy) is 3. The van der Waals surface area contributed by atoms with Gasteiger partial charge in [0.2, 0.25) is 0 Å². The summed E-state index contributed by atoms with van der Waals surface area (Å²) < 4.78 is 14.3. The fraction of sp³-hybridized carbons (Fsp3) is 0.571. The van der Waals surface area contributed by atoms with E-state index in [-0.39, 0.29) is 25.4 Å². The number of amides is 2. The van der Waals surface area contributed by atoms with Crippen molar-refractivity contribution in [2.75, 3.05) is 40.5 Å². The van der Waals surface area contributed by atoms with Crippen molar-refractivity contribution in [2.24, 2.45) is 0 Å². The maximum absolute atomic E-state index is 12.2. The van der Waals surface area contributed by atoms with Crippen LogP contribution in [-0.2, 0) is 25.5 Å². The Labute approximate surface area is 143 Å². The number of nitrogens with one attached hydrogen (secondary N) is 1. The smallest absolute Gasteiger partial charge is 0.357 e. The largest absolute Gasteiger partial charge is 0.465 e. The molecule has 0 aliphatic rings. The van der Waals surface area contributed by atoms with E-state index in [2.05, 4.69) is 15.0 Å². The van der Waals surface area contributed by atoms with E-state index in [0.29, 0.717) is 18.2 Å². The molecular weight excluding hydrogens is 338 g/mol. The molecule has 0 unspecified atom stereocenters. The van der Waals surface area contributed by atoms with E-state index in [1.54, 1.807) is 12.3 Å². The molecule has 0 aliphatic heterocycles. The van der Waals surface area contributed by atoms with E-state index in [1.807, 2.05) is 0 Å². The van der Waals surface area contributed by atoms with Gasteiger partial charge in [0.05, 0.1) is 26.9 Å². The van der Waals surface area contributed by atoms with Crippen LogP contribution in [0.3, 0.4) is 0 Å². The molecule has 0 atom stereocenters. The predicted molar refractivity (Wildman–Crippen MR) is 85.8 cm³/mol. The number of aromatic nitrogens is 1. The second kappa shape index (κ2) is 10.6. The van der Waals surface area contributed by atoms with Gasteiger partial charge in [-0.25, -0.2) is 14.6 Å². The number of hydrogen-bond donors (Lipinski definition) is 1. The van der Waals surface area contributed by atoms with Crippen LogP contribution in [0.25, 0.3) is 0 Å². The van der Waals surface area contributed by atoms with Crippen LogP contribution < -0.4 is 5.32 Å². The highest BCUT2D eigenvalue weighted by molar-refractivity contribution is 7.09. The van der Waals surface area contributed by atoms with Gasteiger partial charge in [-0.3, -0.25) is 4.79 Å². The summed E-state index contributed by atoms with van der Waals surface area (Å²) in [5.41, 5.74) is 0.191. The summed E-state index contributed by atoms with van der Waals surface area (Å²) in [7, 11) is 2.79. The van der Waals surface area contributed by atoms with Crippen LogP contribution in [0.15, 0.2) is 5.38 Å². The lowest BCUT2D eigenvalue weighted by molar-refractivity contribution is -0.141. The van der Waals surface area contributed by atoms with Gasteiger partial charge in [-0.2, -0.15) is 0 Å². The standard InChI is InChI=1S/C14H21N3O6S/c1-4-23-12(18)7-15-14(20)17(5-6-21-2)8-11-16-10(9-24-11)13(19)22-3/h9H,4-8H2,1-3H3,(H,15,20). The van der Waals surface area contributed by atoms with Crippen molar-refractivity contribution < 1.29 is 28.6 Å². The van der Waals surface area contributed by atoms with Gasteiger partial charge >= 0.3 is 18.0 Å². The molecule has 0 bridgehead atoms. The summed E-state index contributed by atoms with van der Waals surface area (Å²) >= 11 is 1.24.